The second-order valence-electron chi connectivity index (χ2n) is 8.57. The van der Waals surface area contributed by atoms with Crippen LogP contribution in [0.15, 0.2) is 29.1 Å². The van der Waals surface area contributed by atoms with E-state index in [2.05, 4.69) is 4.98 Å². The zero-order valence-electron chi connectivity index (χ0n) is 19.6. The number of fused-ring (bicyclic) bond motifs is 1. The van der Waals surface area contributed by atoms with Crippen molar-refractivity contribution in [3.05, 3.63) is 56.7 Å². The van der Waals surface area contributed by atoms with Crippen molar-refractivity contribution in [2.24, 2.45) is 0 Å². The topological polar surface area (TPSA) is 116 Å². The van der Waals surface area contributed by atoms with E-state index in [1.807, 2.05) is 18.0 Å². The molecule has 2 aromatic rings. The van der Waals surface area contributed by atoms with Gasteiger partial charge in [-0.3, -0.25) is 23.7 Å². The Labute approximate surface area is 202 Å². The highest BCUT2D eigenvalue weighted by Crippen LogP contribution is 2.25. The number of rotatable bonds is 5. The summed E-state index contributed by atoms with van der Waals surface area (Å²) >= 11 is 6.00. The first-order valence-corrected chi connectivity index (χ1v) is 11.2. The van der Waals surface area contributed by atoms with Crippen molar-refractivity contribution < 1.29 is 19.5 Å². The van der Waals surface area contributed by atoms with E-state index in [1.54, 1.807) is 18.2 Å². The molecule has 0 saturated heterocycles. The largest absolute Gasteiger partial charge is 0.501 e. The lowest BCUT2D eigenvalue weighted by Gasteiger charge is -2.30. The molecule has 11 heteroatoms. The maximum atomic E-state index is 13.0. The molecule has 3 rings (SSSR count). The number of aryl methyl sites for hydroxylation is 1. The molecule has 10 nitrogen and oxygen atoms in total. The summed E-state index contributed by atoms with van der Waals surface area (Å²) in [5.41, 5.74) is -0.261. The molecule has 34 heavy (non-hydrogen) atoms. The summed E-state index contributed by atoms with van der Waals surface area (Å²) in [5, 5.41) is 11.1. The SMILES string of the molecule is CN1CCn2c(nc(C(=O)CCc3cccc(Cl)c3)c(O)c2=O)C(N(C)C(=O)C(=O)N(C)C)C1. The minimum atomic E-state index is -0.781. The molecule has 0 saturated carbocycles. The highest BCUT2D eigenvalue weighted by molar-refractivity contribution is 6.34. The Kier molecular flexibility index (Phi) is 7.73. The van der Waals surface area contributed by atoms with Gasteiger partial charge in [-0.25, -0.2) is 4.98 Å². The number of aromatic nitrogens is 2. The smallest absolute Gasteiger partial charge is 0.312 e. The molecule has 2 heterocycles. The van der Waals surface area contributed by atoms with Gasteiger partial charge < -0.3 is 19.8 Å². The summed E-state index contributed by atoms with van der Waals surface area (Å²) in [6, 6.07) is 6.28. The fourth-order valence-electron chi connectivity index (χ4n) is 3.81. The Hall–Kier alpha value is -3.24. The van der Waals surface area contributed by atoms with Gasteiger partial charge in [0, 0.05) is 52.2 Å². The molecule has 1 N–H and O–H groups in total. The van der Waals surface area contributed by atoms with Crippen LogP contribution in [-0.4, -0.2) is 88.2 Å². The molecule has 2 amide bonds. The van der Waals surface area contributed by atoms with Crippen LogP contribution >= 0.6 is 11.6 Å². The minimum absolute atomic E-state index is 0.00223. The van der Waals surface area contributed by atoms with E-state index in [0.717, 1.165) is 5.56 Å². The lowest BCUT2D eigenvalue weighted by Crippen LogP contribution is -2.45. The molecule has 1 atom stereocenters. The Morgan fingerprint density at radius 3 is 2.53 bits per heavy atom. The number of halogens is 1. The summed E-state index contributed by atoms with van der Waals surface area (Å²) in [6.45, 7) is 0.953. The molecule has 1 aromatic heterocycles. The second-order valence-corrected chi connectivity index (χ2v) is 9.01. The Morgan fingerprint density at radius 2 is 1.88 bits per heavy atom. The van der Waals surface area contributed by atoms with Crippen molar-refractivity contribution >= 4 is 29.2 Å². The quantitative estimate of drug-likeness (QED) is 0.491. The summed E-state index contributed by atoms with van der Waals surface area (Å²) in [7, 11) is 6.21. The number of amides is 2. The predicted octanol–water partition coefficient (Wildman–Crippen LogP) is 0.951. The van der Waals surface area contributed by atoms with Crippen LogP contribution in [0.2, 0.25) is 5.02 Å². The highest BCUT2D eigenvalue weighted by atomic mass is 35.5. The minimum Gasteiger partial charge on any atom is -0.501 e. The van der Waals surface area contributed by atoms with E-state index in [9.17, 15) is 24.3 Å². The average molecular weight is 490 g/mol. The summed E-state index contributed by atoms with van der Waals surface area (Å²) in [6.07, 6.45) is 0.350. The summed E-state index contributed by atoms with van der Waals surface area (Å²) < 4.78 is 1.27. The number of nitrogens with zero attached hydrogens (tertiary/aromatic N) is 5. The number of benzene rings is 1. The maximum Gasteiger partial charge on any atom is 0.312 e. The van der Waals surface area contributed by atoms with Gasteiger partial charge in [0.1, 0.15) is 11.9 Å². The highest BCUT2D eigenvalue weighted by Gasteiger charge is 2.35. The Bertz CT molecular complexity index is 1180. The van der Waals surface area contributed by atoms with E-state index < -0.39 is 34.9 Å². The van der Waals surface area contributed by atoms with Crippen molar-refractivity contribution in [3.63, 3.8) is 0 Å². The normalized spacial score (nSPS) is 15.9. The van der Waals surface area contributed by atoms with E-state index >= 15 is 0 Å². The second kappa shape index (κ2) is 10.4. The predicted molar refractivity (Wildman–Crippen MR) is 126 cm³/mol. The number of hydrogen-bond acceptors (Lipinski definition) is 7. The number of aromatic hydroxyl groups is 1. The van der Waals surface area contributed by atoms with Gasteiger partial charge in [-0.1, -0.05) is 23.7 Å². The van der Waals surface area contributed by atoms with Gasteiger partial charge in [0.25, 0.3) is 5.56 Å². The van der Waals surface area contributed by atoms with Crippen molar-refractivity contribution in [2.45, 2.75) is 25.4 Å². The molecular weight excluding hydrogens is 462 g/mol. The van der Waals surface area contributed by atoms with Gasteiger partial charge in [0.05, 0.1) is 0 Å². The first kappa shape index (κ1) is 25.4. The molecule has 0 spiro atoms. The van der Waals surface area contributed by atoms with Crippen LogP contribution in [0.5, 0.6) is 5.75 Å². The van der Waals surface area contributed by atoms with E-state index in [4.69, 9.17) is 11.6 Å². The molecule has 0 fully saturated rings. The van der Waals surface area contributed by atoms with E-state index in [-0.39, 0.29) is 31.0 Å². The third kappa shape index (κ3) is 5.28. The average Bonchev–Trinajstić information content (AvgIpc) is 2.97. The van der Waals surface area contributed by atoms with Crippen LogP contribution in [0.1, 0.15) is 34.3 Å². The van der Waals surface area contributed by atoms with Gasteiger partial charge in [0.2, 0.25) is 5.75 Å². The fraction of sp³-hybridized carbons (Fsp3) is 0.435. The van der Waals surface area contributed by atoms with Crippen LogP contribution in [0.4, 0.5) is 0 Å². The zero-order chi connectivity index (χ0) is 25.2. The first-order valence-electron chi connectivity index (χ1n) is 10.8. The van der Waals surface area contributed by atoms with Crippen LogP contribution in [-0.2, 0) is 22.6 Å². The lowest BCUT2D eigenvalue weighted by atomic mass is 10.1. The lowest BCUT2D eigenvalue weighted by molar-refractivity contribution is -0.151. The molecular formula is C23H28ClN5O5. The third-order valence-electron chi connectivity index (χ3n) is 5.83. The molecule has 1 aromatic carbocycles. The standard InChI is InChI=1S/C23H28ClN5O5/c1-26(2)22(33)23(34)28(4)16-13-27(3)10-11-29-20(16)25-18(19(31)21(29)32)17(30)9-8-14-6-5-7-15(24)12-14/h5-7,12,16,31H,8-11,13H2,1-4H3. The number of ketones is 1. The van der Waals surface area contributed by atoms with Crippen molar-refractivity contribution in [1.82, 2.24) is 24.3 Å². The Morgan fingerprint density at radius 1 is 1.18 bits per heavy atom. The number of carbonyl (C=O) groups is 3. The summed E-state index contributed by atoms with van der Waals surface area (Å²) in [5.74, 6) is -2.57. The van der Waals surface area contributed by atoms with Crippen LogP contribution in [0, 0.1) is 0 Å². The van der Waals surface area contributed by atoms with Gasteiger partial charge in [-0.15, -0.1) is 0 Å². The van der Waals surface area contributed by atoms with Crippen LogP contribution in [0.3, 0.4) is 0 Å². The molecule has 1 aliphatic heterocycles. The number of hydrogen-bond donors (Lipinski definition) is 1. The third-order valence-corrected chi connectivity index (χ3v) is 6.07. The van der Waals surface area contributed by atoms with Crippen molar-refractivity contribution in [2.75, 3.05) is 41.3 Å². The molecule has 0 bridgehead atoms. The monoisotopic (exact) mass is 489 g/mol. The Balaban J connectivity index is 1.99. The van der Waals surface area contributed by atoms with Crippen molar-refractivity contribution in [1.29, 1.82) is 0 Å². The summed E-state index contributed by atoms with van der Waals surface area (Å²) in [4.78, 5) is 59.6. The molecule has 182 valence electrons. The molecule has 0 radical (unpaired) electrons. The maximum absolute atomic E-state index is 13.0. The molecule has 1 unspecified atom stereocenters. The van der Waals surface area contributed by atoms with Gasteiger partial charge in [-0.05, 0) is 31.2 Å². The number of Topliss-reactive ketones (excluding diaryl/α,β-unsaturated/α-hetero) is 1. The first-order chi connectivity index (χ1) is 16.0. The van der Waals surface area contributed by atoms with Crippen molar-refractivity contribution in [3.8, 4) is 5.75 Å². The van der Waals surface area contributed by atoms with Gasteiger partial charge in [-0.2, -0.15) is 0 Å². The van der Waals surface area contributed by atoms with E-state index in [1.165, 1.54) is 35.5 Å². The molecule has 1 aliphatic rings. The van der Waals surface area contributed by atoms with Crippen LogP contribution in [0.25, 0.3) is 0 Å². The van der Waals surface area contributed by atoms with Gasteiger partial charge >= 0.3 is 11.8 Å². The van der Waals surface area contributed by atoms with Gasteiger partial charge in [0.15, 0.2) is 11.5 Å². The number of carbonyl (C=O) groups excluding carboxylic acids is 3. The van der Waals surface area contributed by atoms with E-state index in [0.29, 0.717) is 18.0 Å². The molecule has 0 aliphatic carbocycles. The van der Waals surface area contributed by atoms with Crippen LogP contribution < -0.4 is 5.56 Å². The fourth-order valence-corrected chi connectivity index (χ4v) is 4.03. The number of likely N-dealkylation sites (N-methyl/N-ethyl adjacent to an activating group) is 3. The zero-order valence-corrected chi connectivity index (χ0v) is 20.4.